The van der Waals surface area contributed by atoms with Crippen LogP contribution in [0.3, 0.4) is 0 Å². The van der Waals surface area contributed by atoms with Crippen LogP contribution in [0.25, 0.3) is 0 Å². The maximum Gasteiger partial charge on any atom is 0.276 e. The van der Waals surface area contributed by atoms with Crippen molar-refractivity contribution < 1.29 is 9.53 Å². The van der Waals surface area contributed by atoms with Gasteiger partial charge in [-0.3, -0.25) is 9.48 Å². The molecule has 116 valence electrons. The Balaban J connectivity index is 1.92. The van der Waals surface area contributed by atoms with Crippen LogP contribution in [0.2, 0.25) is 5.02 Å². The fourth-order valence-electron chi connectivity index (χ4n) is 2.90. The molecule has 2 aromatic rings. The van der Waals surface area contributed by atoms with E-state index in [1.807, 2.05) is 24.7 Å². The largest absolute Gasteiger partial charge is 0.495 e. The molecule has 1 aromatic heterocycles. The van der Waals surface area contributed by atoms with Crippen LogP contribution in [0.1, 0.15) is 33.7 Å². The zero-order chi connectivity index (χ0) is 15.9. The van der Waals surface area contributed by atoms with E-state index in [1.54, 1.807) is 13.2 Å². The highest BCUT2D eigenvalue weighted by Crippen LogP contribution is 2.32. The first-order valence-electron chi connectivity index (χ1n) is 7.21. The first kappa shape index (κ1) is 14.9. The number of aryl methyl sites for hydroxylation is 2. The number of ether oxygens (including phenoxy) is 1. The van der Waals surface area contributed by atoms with Crippen LogP contribution >= 0.6 is 11.6 Å². The Labute approximate surface area is 134 Å². The number of amides is 1. The lowest BCUT2D eigenvalue weighted by Gasteiger charge is -2.12. The Morgan fingerprint density at radius 2 is 2.18 bits per heavy atom. The lowest BCUT2D eigenvalue weighted by molar-refractivity contribution is 0.102. The van der Waals surface area contributed by atoms with Crippen LogP contribution in [-0.2, 0) is 19.9 Å². The van der Waals surface area contributed by atoms with Crippen LogP contribution in [-0.4, -0.2) is 22.8 Å². The van der Waals surface area contributed by atoms with E-state index in [1.165, 1.54) is 0 Å². The summed E-state index contributed by atoms with van der Waals surface area (Å²) in [4.78, 5) is 12.6. The van der Waals surface area contributed by atoms with E-state index in [4.69, 9.17) is 16.3 Å². The minimum atomic E-state index is -0.209. The van der Waals surface area contributed by atoms with Crippen molar-refractivity contribution in [3.8, 4) is 5.75 Å². The number of methoxy groups -OCH3 is 1. The van der Waals surface area contributed by atoms with Crippen LogP contribution in [0.4, 0.5) is 5.69 Å². The molecule has 0 fully saturated rings. The Hall–Kier alpha value is -2.01. The second-order valence-electron chi connectivity index (χ2n) is 5.51. The van der Waals surface area contributed by atoms with Gasteiger partial charge in [-0.25, -0.2) is 0 Å². The molecule has 0 saturated carbocycles. The molecule has 6 heteroatoms. The third kappa shape index (κ3) is 2.46. The third-order valence-corrected chi connectivity index (χ3v) is 4.47. The van der Waals surface area contributed by atoms with Gasteiger partial charge in [-0.2, -0.15) is 5.10 Å². The summed E-state index contributed by atoms with van der Waals surface area (Å²) >= 11 is 6.09. The van der Waals surface area contributed by atoms with Gasteiger partial charge in [0.05, 0.1) is 12.8 Å². The van der Waals surface area contributed by atoms with Gasteiger partial charge in [0.2, 0.25) is 0 Å². The SMILES string of the molecule is COc1cc(Cl)c(C)cc1NC(=O)c1nn(C)c2c1CCC2. The molecular formula is C16H18ClN3O2. The highest BCUT2D eigenvalue weighted by atomic mass is 35.5. The number of hydrogen-bond donors (Lipinski definition) is 1. The quantitative estimate of drug-likeness (QED) is 0.945. The highest BCUT2D eigenvalue weighted by molar-refractivity contribution is 6.31. The fraction of sp³-hybridized carbons (Fsp3) is 0.375. The lowest BCUT2D eigenvalue weighted by atomic mass is 10.1. The molecule has 0 aliphatic heterocycles. The maximum atomic E-state index is 12.6. The number of nitrogens with one attached hydrogen (secondary N) is 1. The van der Waals surface area contributed by atoms with E-state index >= 15 is 0 Å². The predicted octanol–water partition coefficient (Wildman–Crippen LogP) is 3.13. The topological polar surface area (TPSA) is 56.1 Å². The number of aromatic nitrogens is 2. The predicted molar refractivity (Wildman–Crippen MR) is 85.9 cm³/mol. The van der Waals surface area contributed by atoms with Crippen molar-refractivity contribution in [1.82, 2.24) is 9.78 Å². The Bertz CT molecular complexity index is 752. The van der Waals surface area contributed by atoms with E-state index in [0.717, 1.165) is 36.1 Å². The van der Waals surface area contributed by atoms with Crippen molar-refractivity contribution in [3.05, 3.63) is 39.7 Å². The lowest BCUT2D eigenvalue weighted by Crippen LogP contribution is -2.15. The third-order valence-electron chi connectivity index (χ3n) is 4.06. The minimum absolute atomic E-state index is 0.209. The number of benzene rings is 1. The average molecular weight is 320 g/mol. The van der Waals surface area contributed by atoms with E-state index in [9.17, 15) is 4.79 Å². The van der Waals surface area contributed by atoms with E-state index < -0.39 is 0 Å². The van der Waals surface area contributed by atoms with Crippen LogP contribution in [0, 0.1) is 6.92 Å². The number of nitrogens with zero attached hydrogens (tertiary/aromatic N) is 2. The molecule has 1 heterocycles. The summed E-state index contributed by atoms with van der Waals surface area (Å²) in [5.41, 5.74) is 4.20. The molecular weight excluding hydrogens is 302 g/mol. The Kier molecular flexibility index (Phi) is 3.83. The first-order valence-corrected chi connectivity index (χ1v) is 7.59. The van der Waals surface area contributed by atoms with E-state index in [2.05, 4.69) is 10.4 Å². The molecule has 5 nitrogen and oxygen atoms in total. The van der Waals surface area contributed by atoms with Gasteiger partial charge in [0.15, 0.2) is 5.69 Å². The number of hydrogen-bond acceptors (Lipinski definition) is 3. The van der Waals surface area contributed by atoms with Crippen molar-refractivity contribution in [2.45, 2.75) is 26.2 Å². The van der Waals surface area contributed by atoms with Crippen molar-refractivity contribution >= 4 is 23.2 Å². The summed E-state index contributed by atoms with van der Waals surface area (Å²) < 4.78 is 7.10. The molecule has 0 unspecified atom stereocenters. The highest BCUT2D eigenvalue weighted by Gasteiger charge is 2.25. The smallest absolute Gasteiger partial charge is 0.276 e. The molecule has 1 amide bonds. The summed E-state index contributed by atoms with van der Waals surface area (Å²) in [7, 11) is 3.43. The second kappa shape index (κ2) is 5.65. The van der Waals surface area contributed by atoms with Crippen molar-refractivity contribution in [2.24, 2.45) is 7.05 Å². The maximum absolute atomic E-state index is 12.6. The van der Waals surface area contributed by atoms with Crippen molar-refractivity contribution in [2.75, 3.05) is 12.4 Å². The number of anilines is 1. The Morgan fingerprint density at radius 3 is 2.91 bits per heavy atom. The van der Waals surface area contributed by atoms with Gasteiger partial charge in [0.25, 0.3) is 5.91 Å². The summed E-state index contributed by atoms with van der Waals surface area (Å²) in [6, 6.07) is 3.51. The number of carbonyl (C=O) groups is 1. The van der Waals surface area contributed by atoms with Gasteiger partial charge in [-0.15, -0.1) is 0 Å². The number of fused-ring (bicyclic) bond motifs is 1. The summed E-state index contributed by atoms with van der Waals surface area (Å²) in [6.45, 7) is 1.88. The molecule has 3 rings (SSSR count). The molecule has 1 aromatic carbocycles. The van der Waals surface area contributed by atoms with Gasteiger partial charge in [-0.05, 0) is 37.8 Å². The molecule has 0 bridgehead atoms. The molecule has 0 saturated heterocycles. The van der Waals surface area contributed by atoms with Gasteiger partial charge in [-0.1, -0.05) is 11.6 Å². The number of rotatable bonds is 3. The molecule has 1 aliphatic carbocycles. The summed E-state index contributed by atoms with van der Waals surface area (Å²) in [5, 5.41) is 7.86. The molecule has 1 N–H and O–H groups in total. The monoisotopic (exact) mass is 319 g/mol. The van der Waals surface area contributed by atoms with Crippen molar-refractivity contribution in [1.29, 1.82) is 0 Å². The Morgan fingerprint density at radius 1 is 1.41 bits per heavy atom. The van der Waals surface area contributed by atoms with Crippen LogP contribution in [0.5, 0.6) is 5.75 Å². The molecule has 0 radical (unpaired) electrons. The van der Waals surface area contributed by atoms with Crippen molar-refractivity contribution in [3.63, 3.8) is 0 Å². The second-order valence-corrected chi connectivity index (χ2v) is 5.91. The van der Waals surface area contributed by atoms with Crippen LogP contribution in [0.15, 0.2) is 12.1 Å². The fourth-order valence-corrected chi connectivity index (χ4v) is 3.06. The standard InChI is InChI=1S/C16H18ClN3O2/c1-9-7-12(14(22-3)8-11(9)17)18-16(21)15-10-5-4-6-13(10)20(2)19-15/h7-8H,4-6H2,1-3H3,(H,18,21). The number of carbonyl (C=O) groups excluding carboxylic acids is 1. The van der Waals surface area contributed by atoms with Gasteiger partial charge in [0.1, 0.15) is 5.75 Å². The van der Waals surface area contributed by atoms with Crippen LogP contribution < -0.4 is 10.1 Å². The molecule has 1 aliphatic rings. The minimum Gasteiger partial charge on any atom is -0.495 e. The first-order chi connectivity index (χ1) is 10.5. The summed E-state index contributed by atoms with van der Waals surface area (Å²) in [6.07, 6.45) is 2.96. The summed E-state index contributed by atoms with van der Waals surface area (Å²) in [5.74, 6) is 0.329. The molecule has 0 spiro atoms. The normalized spacial score (nSPS) is 13.1. The van der Waals surface area contributed by atoms with Gasteiger partial charge < -0.3 is 10.1 Å². The average Bonchev–Trinajstić information content (AvgIpc) is 3.07. The molecule has 0 atom stereocenters. The zero-order valence-corrected chi connectivity index (χ0v) is 13.6. The number of halogens is 1. The molecule has 22 heavy (non-hydrogen) atoms. The van der Waals surface area contributed by atoms with E-state index in [0.29, 0.717) is 22.2 Å². The zero-order valence-electron chi connectivity index (χ0n) is 12.9. The van der Waals surface area contributed by atoms with Gasteiger partial charge in [0, 0.05) is 29.4 Å². The van der Waals surface area contributed by atoms with E-state index in [-0.39, 0.29) is 5.91 Å². The van der Waals surface area contributed by atoms with Gasteiger partial charge >= 0.3 is 0 Å².